The van der Waals surface area contributed by atoms with E-state index >= 15 is 0 Å². The molecule has 3 heteroatoms. The van der Waals surface area contributed by atoms with E-state index in [2.05, 4.69) is 11.4 Å². The highest BCUT2D eigenvalue weighted by Crippen LogP contribution is 2.18. The van der Waals surface area contributed by atoms with Gasteiger partial charge in [0.05, 0.1) is 18.1 Å². The molecule has 14 heavy (non-hydrogen) atoms. The molecule has 80 valence electrons. The quantitative estimate of drug-likeness (QED) is 0.679. The van der Waals surface area contributed by atoms with Gasteiger partial charge in [0.25, 0.3) is 0 Å². The summed E-state index contributed by atoms with van der Waals surface area (Å²) in [5.74, 6) is 0.681. The third kappa shape index (κ3) is 4.08. The number of nitrogens with one attached hydrogen (secondary N) is 1. The molecule has 3 nitrogen and oxygen atoms in total. The molecule has 0 aromatic rings. The Morgan fingerprint density at radius 1 is 1.57 bits per heavy atom. The van der Waals surface area contributed by atoms with Gasteiger partial charge >= 0.3 is 0 Å². The van der Waals surface area contributed by atoms with Gasteiger partial charge < -0.3 is 10.1 Å². The molecule has 0 aromatic carbocycles. The van der Waals surface area contributed by atoms with Crippen LogP contribution in [0.1, 0.15) is 26.7 Å². The number of ether oxygens (including phenoxy) is 1. The lowest BCUT2D eigenvalue weighted by molar-refractivity contribution is 0.0896. The summed E-state index contributed by atoms with van der Waals surface area (Å²) in [4.78, 5) is 0. The first-order valence-corrected chi connectivity index (χ1v) is 5.34. The van der Waals surface area contributed by atoms with E-state index in [4.69, 9.17) is 10.00 Å². The SMILES string of the molecule is CC(C)(C#N)CCOCC1CCNC1. The fourth-order valence-electron chi connectivity index (χ4n) is 1.49. The number of nitriles is 1. The second-order valence-electron chi connectivity index (χ2n) is 4.68. The van der Waals surface area contributed by atoms with E-state index in [1.54, 1.807) is 0 Å². The van der Waals surface area contributed by atoms with Crippen molar-refractivity contribution in [1.82, 2.24) is 5.32 Å². The normalized spacial score (nSPS) is 22.2. The second-order valence-corrected chi connectivity index (χ2v) is 4.68. The monoisotopic (exact) mass is 196 g/mol. The molecule has 1 fully saturated rings. The van der Waals surface area contributed by atoms with E-state index < -0.39 is 0 Å². The molecule has 1 aliphatic rings. The highest BCUT2D eigenvalue weighted by Gasteiger charge is 2.17. The number of nitrogens with zero attached hydrogens (tertiary/aromatic N) is 1. The zero-order valence-electron chi connectivity index (χ0n) is 9.18. The highest BCUT2D eigenvalue weighted by atomic mass is 16.5. The summed E-state index contributed by atoms with van der Waals surface area (Å²) < 4.78 is 5.56. The lowest BCUT2D eigenvalue weighted by Crippen LogP contribution is -2.17. The first-order valence-electron chi connectivity index (χ1n) is 5.34. The average Bonchev–Trinajstić information content (AvgIpc) is 2.65. The van der Waals surface area contributed by atoms with Crippen LogP contribution in [0.25, 0.3) is 0 Å². The second kappa shape index (κ2) is 5.33. The fourth-order valence-corrected chi connectivity index (χ4v) is 1.49. The van der Waals surface area contributed by atoms with Crippen molar-refractivity contribution in [2.45, 2.75) is 26.7 Å². The van der Waals surface area contributed by atoms with Gasteiger partial charge in [-0.1, -0.05) is 0 Å². The minimum Gasteiger partial charge on any atom is -0.381 e. The first kappa shape index (κ1) is 11.5. The van der Waals surface area contributed by atoms with Crippen molar-refractivity contribution >= 4 is 0 Å². The van der Waals surface area contributed by atoms with Crippen LogP contribution in [0.4, 0.5) is 0 Å². The summed E-state index contributed by atoms with van der Waals surface area (Å²) in [6, 6.07) is 2.28. The van der Waals surface area contributed by atoms with Crippen molar-refractivity contribution in [3.8, 4) is 6.07 Å². The Morgan fingerprint density at radius 2 is 2.36 bits per heavy atom. The topological polar surface area (TPSA) is 45.0 Å². The van der Waals surface area contributed by atoms with Crippen molar-refractivity contribution in [3.05, 3.63) is 0 Å². The largest absolute Gasteiger partial charge is 0.381 e. The smallest absolute Gasteiger partial charge is 0.0684 e. The first-order chi connectivity index (χ1) is 6.64. The van der Waals surface area contributed by atoms with Crippen LogP contribution in [0.5, 0.6) is 0 Å². The Bertz CT molecular complexity index is 202. The van der Waals surface area contributed by atoms with Gasteiger partial charge in [-0.2, -0.15) is 5.26 Å². The molecule has 1 aliphatic heterocycles. The number of hydrogen-bond donors (Lipinski definition) is 1. The Hall–Kier alpha value is -0.590. The van der Waals surface area contributed by atoms with E-state index in [1.165, 1.54) is 6.42 Å². The van der Waals surface area contributed by atoms with Crippen molar-refractivity contribution in [2.75, 3.05) is 26.3 Å². The van der Waals surface area contributed by atoms with Crippen molar-refractivity contribution in [3.63, 3.8) is 0 Å². The maximum Gasteiger partial charge on any atom is 0.0684 e. The molecule has 1 heterocycles. The van der Waals surface area contributed by atoms with Crippen LogP contribution >= 0.6 is 0 Å². The molecule has 0 bridgehead atoms. The Kier molecular flexibility index (Phi) is 4.37. The van der Waals surface area contributed by atoms with E-state index in [0.717, 1.165) is 26.1 Å². The summed E-state index contributed by atoms with van der Waals surface area (Å²) in [5.41, 5.74) is -0.242. The molecule has 1 rings (SSSR count). The van der Waals surface area contributed by atoms with Crippen molar-refractivity contribution < 1.29 is 4.74 Å². The molecule has 0 saturated carbocycles. The van der Waals surface area contributed by atoms with Crippen LogP contribution in [-0.4, -0.2) is 26.3 Å². The van der Waals surface area contributed by atoms with Gasteiger partial charge in [-0.25, -0.2) is 0 Å². The van der Waals surface area contributed by atoms with Crippen molar-refractivity contribution in [2.24, 2.45) is 11.3 Å². The lowest BCUT2D eigenvalue weighted by Gasteiger charge is -2.15. The fraction of sp³-hybridized carbons (Fsp3) is 0.909. The summed E-state index contributed by atoms with van der Waals surface area (Å²) in [5, 5.41) is 12.1. The standard InChI is InChI=1S/C11H20N2O/c1-11(2,9-12)4-6-14-8-10-3-5-13-7-10/h10,13H,3-8H2,1-2H3. The van der Waals surface area contributed by atoms with Gasteiger partial charge in [0, 0.05) is 13.2 Å². The molecule has 0 amide bonds. The molecule has 1 saturated heterocycles. The van der Waals surface area contributed by atoms with E-state index in [-0.39, 0.29) is 5.41 Å². The van der Waals surface area contributed by atoms with Gasteiger partial charge in [-0.05, 0) is 39.2 Å². The third-order valence-corrected chi connectivity index (χ3v) is 2.69. The third-order valence-electron chi connectivity index (χ3n) is 2.69. The van der Waals surface area contributed by atoms with Crippen LogP contribution in [0, 0.1) is 22.7 Å². The van der Waals surface area contributed by atoms with Gasteiger partial charge in [0.2, 0.25) is 0 Å². The number of hydrogen-bond acceptors (Lipinski definition) is 3. The molecule has 0 radical (unpaired) electrons. The summed E-state index contributed by atoms with van der Waals surface area (Å²) in [7, 11) is 0. The van der Waals surface area contributed by atoms with Gasteiger partial charge in [0.1, 0.15) is 0 Å². The van der Waals surface area contributed by atoms with Crippen LogP contribution in [0.15, 0.2) is 0 Å². The van der Waals surface area contributed by atoms with Crippen molar-refractivity contribution in [1.29, 1.82) is 5.26 Å². The van der Waals surface area contributed by atoms with Crippen LogP contribution < -0.4 is 5.32 Å². The Labute approximate surface area is 86.4 Å². The summed E-state index contributed by atoms with van der Waals surface area (Å²) in [6.07, 6.45) is 2.05. The Balaban J connectivity index is 2.02. The molecular formula is C11H20N2O. The highest BCUT2D eigenvalue weighted by molar-refractivity contribution is 4.91. The minimum atomic E-state index is -0.242. The van der Waals surface area contributed by atoms with Crippen LogP contribution in [0.2, 0.25) is 0 Å². The summed E-state index contributed by atoms with van der Waals surface area (Å²) in [6.45, 7) is 7.66. The predicted molar refractivity (Wildman–Crippen MR) is 55.8 cm³/mol. The summed E-state index contributed by atoms with van der Waals surface area (Å²) >= 11 is 0. The number of rotatable bonds is 5. The molecule has 0 aliphatic carbocycles. The van der Waals surface area contributed by atoms with Gasteiger partial charge in [-0.15, -0.1) is 0 Å². The molecular weight excluding hydrogens is 176 g/mol. The predicted octanol–water partition coefficient (Wildman–Crippen LogP) is 1.55. The molecule has 1 unspecified atom stereocenters. The van der Waals surface area contributed by atoms with E-state index in [9.17, 15) is 0 Å². The molecule has 1 atom stereocenters. The zero-order valence-corrected chi connectivity index (χ0v) is 9.18. The lowest BCUT2D eigenvalue weighted by atomic mass is 9.92. The van der Waals surface area contributed by atoms with Gasteiger partial charge in [0.15, 0.2) is 0 Å². The van der Waals surface area contributed by atoms with Crippen LogP contribution in [0.3, 0.4) is 0 Å². The maximum atomic E-state index is 8.79. The van der Waals surface area contributed by atoms with E-state index in [0.29, 0.717) is 12.5 Å². The molecule has 0 spiro atoms. The molecule has 0 aromatic heterocycles. The van der Waals surface area contributed by atoms with Gasteiger partial charge in [-0.3, -0.25) is 0 Å². The van der Waals surface area contributed by atoms with E-state index in [1.807, 2.05) is 13.8 Å². The molecule has 1 N–H and O–H groups in total. The Morgan fingerprint density at radius 3 is 2.93 bits per heavy atom. The average molecular weight is 196 g/mol. The van der Waals surface area contributed by atoms with Crippen LogP contribution in [-0.2, 0) is 4.74 Å². The zero-order chi connectivity index (χ0) is 10.4. The maximum absolute atomic E-state index is 8.79. The minimum absolute atomic E-state index is 0.242.